The SMILES string of the molecule is O=C(Nc1ccc(Oc2ccc(OC(F)F)cc2)cc1)N1CC(c2ccc(F)cc2)=C(c2ccccc2F)N1. The smallest absolute Gasteiger partial charge is 0.387 e. The topological polar surface area (TPSA) is 62.8 Å². The number of benzene rings is 4. The van der Waals surface area contributed by atoms with Crippen molar-refractivity contribution in [3.05, 3.63) is 120 Å². The van der Waals surface area contributed by atoms with Crippen molar-refractivity contribution in [1.82, 2.24) is 10.4 Å². The quantitative estimate of drug-likeness (QED) is 0.244. The average Bonchev–Trinajstić information content (AvgIpc) is 3.37. The molecule has 2 N–H and O–H groups in total. The standard InChI is InChI=1S/C29H21F4N3O3/c30-19-7-5-18(6-8-19)25-17-36(35-27(25)24-3-1-2-4-26(24)31)29(37)34-20-9-11-21(12-10-20)38-22-13-15-23(16-14-22)39-28(32)33/h1-16,28,35H,17H2,(H,34,37). The lowest BCUT2D eigenvalue weighted by Crippen LogP contribution is -2.40. The highest BCUT2D eigenvalue weighted by Crippen LogP contribution is 2.32. The number of hydrogen-bond acceptors (Lipinski definition) is 4. The Morgan fingerprint density at radius 2 is 1.44 bits per heavy atom. The summed E-state index contributed by atoms with van der Waals surface area (Å²) >= 11 is 0. The zero-order valence-corrected chi connectivity index (χ0v) is 20.2. The Morgan fingerprint density at radius 1 is 0.821 bits per heavy atom. The van der Waals surface area contributed by atoms with Crippen LogP contribution in [0.3, 0.4) is 0 Å². The van der Waals surface area contributed by atoms with Crippen LogP contribution in [0.15, 0.2) is 97.1 Å². The lowest BCUT2D eigenvalue weighted by molar-refractivity contribution is -0.0498. The first-order chi connectivity index (χ1) is 18.9. The summed E-state index contributed by atoms with van der Waals surface area (Å²) in [5.41, 5.74) is 5.41. The first kappa shape index (κ1) is 25.7. The molecule has 0 fully saturated rings. The lowest BCUT2D eigenvalue weighted by Gasteiger charge is -2.19. The van der Waals surface area contributed by atoms with E-state index in [2.05, 4.69) is 15.5 Å². The maximum atomic E-state index is 14.6. The molecule has 4 aromatic rings. The fourth-order valence-corrected chi connectivity index (χ4v) is 4.00. The van der Waals surface area contributed by atoms with Crippen molar-refractivity contribution in [2.75, 3.05) is 11.9 Å². The maximum Gasteiger partial charge on any atom is 0.387 e. The van der Waals surface area contributed by atoms with Crippen molar-refractivity contribution in [1.29, 1.82) is 0 Å². The van der Waals surface area contributed by atoms with Crippen LogP contribution in [-0.4, -0.2) is 24.2 Å². The molecule has 6 nitrogen and oxygen atoms in total. The van der Waals surface area contributed by atoms with E-state index >= 15 is 0 Å². The van der Waals surface area contributed by atoms with Gasteiger partial charge >= 0.3 is 12.6 Å². The van der Waals surface area contributed by atoms with Gasteiger partial charge in [-0.2, -0.15) is 8.78 Å². The largest absolute Gasteiger partial charge is 0.457 e. The van der Waals surface area contributed by atoms with Crippen LogP contribution in [0.25, 0.3) is 11.3 Å². The van der Waals surface area contributed by atoms with Crippen LogP contribution in [0.4, 0.5) is 28.0 Å². The second-order valence-electron chi connectivity index (χ2n) is 8.44. The minimum absolute atomic E-state index is 0.0150. The van der Waals surface area contributed by atoms with E-state index in [0.717, 1.165) is 0 Å². The van der Waals surface area contributed by atoms with E-state index in [1.165, 1.54) is 47.5 Å². The second kappa shape index (κ2) is 11.2. The Bertz CT molecular complexity index is 1490. The van der Waals surface area contributed by atoms with Crippen LogP contribution in [-0.2, 0) is 0 Å². The van der Waals surface area contributed by atoms with Crippen molar-refractivity contribution in [3.63, 3.8) is 0 Å². The summed E-state index contributed by atoms with van der Waals surface area (Å²) in [6, 6.07) is 23.7. The Hall–Kier alpha value is -4.99. The molecule has 0 saturated heterocycles. The molecule has 0 atom stereocenters. The minimum Gasteiger partial charge on any atom is -0.457 e. The molecule has 0 saturated carbocycles. The molecule has 198 valence electrons. The van der Waals surface area contributed by atoms with Gasteiger partial charge in [0.2, 0.25) is 0 Å². The van der Waals surface area contributed by atoms with Gasteiger partial charge in [0.25, 0.3) is 0 Å². The Morgan fingerprint density at radius 3 is 2.08 bits per heavy atom. The van der Waals surface area contributed by atoms with E-state index in [-0.39, 0.29) is 17.9 Å². The number of hydrazine groups is 1. The molecule has 0 aromatic heterocycles. The molecular weight excluding hydrogens is 514 g/mol. The van der Waals surface area contributed by atoms with Crippen molar-refractivity contribution in [2.45, 2.75) is 6.61 Å². The van der Waals surface area contributed by atoms with Crippen LogP contribution in [0.5, 0.6) is 17.2 Å². The van der Waals surface area contributed by atoms with Crippen LogP contribution in [0.1, 0.15) is 11.1 Å². The summed E-state index contributed by atoms with van der Waals surface area (Å²) in [6.07, 6.45) is 0. The van der Waals surface area contributed by atoms with E-state index in [1.54, 1.807) is 54.6 Å². The third kappa shape index (κ3) is 6.12. The van der Waals surface area contributed by atoms with Gasteiger partial charge in [-0.25, -0.2) is 18.6 Å². The van der Waals surface area contributed by atoms with Gasteiger partial charge in [-0.15, -0.1) is 0 Å². The van der Waals surface area contributed by atoms with Crippen molar-refractivity contribution < 1.29 is 31.8 Å². The molecule has 1 aliphatic rings. The molecule has 0 bridgehead atoms. The number of carbonyl (C=O) groups is 1. The van der Waals surface area contributed by atoms with Crippen LogP contribution in [0.2, 0.25) is 0 Å². The monoisotopic (exact) mass is 535 g/mol. The van der Waals surface area contributed by atoms with Crippen molar-refractivity contribution in [3.8, 4) is 17.2 Å². The number of nitrogens with zero attached hydrogens (tertiary/aromatic N) is 1. The summed E-state index contributed by atoms with van der Waals surface area (Å²) in [4.78, 5) is 13.1. The predicted molar refractivity (Wildman–Crippen MR) is 138 cm³/mol. The summed E-state index contributed by atoms with van der Waals surface area (Å²) < 4.78 is 62.7. The maximum absolute atomic E-state index is 14.6. The molecule has 5 rings (SSSR count). The summed E-state index contributed by atoms with van der Waals surface area (Å²) in [5.74, 6) is 0.0130. The minimum atomic E-state index is -2.91. The normalized spacial score (nSPS) is 12.9. The number of hydrogen-bond donors (Lipinski definition) is 2. The number of anilines is 1. The van der Waals surface area contributed by atoms with Gasteiger partial charge in [0, 0.05) is 16.8 Å². The fourth-order valence-electron chi connectivity index (χ4n) is 4.00. The fraction of sp³-hybridized carbons (Fsp3) is 0.0690. The first-order valence-corrected chi connectivity index (χ1v) is 11.8. The summed E-state index contributed by atoms with van der Waals surface area (Å²) in [6.45, 7) is -2.81. The van der Waals surface area contributed by atoms with Crippen LogP contribution in [0, 0.1) is 11.6 Å². The highest BCUT2D eigenvalue weighted by molar-refractivity contribution is 5.98. The molecule has 0 unspecified atom stereocenters. The number of amides is 2. The van der Waals surface area contributed by atoms with E-state index in [9.17, 15) is 22.4 Å². The molecule has 1 heterocycles. The number of nitrogens with one attached hydrogen (secondary N) is 2. The van der Waals surface area contributed by atoms with E-state index in [4.69, 9.17) is 4.74 Å². The van der Waals surface area contributed by atoms with Gasteiger partial charge < -0.3 is 14.8 Å². The summed E-state index contributed by atoms with van der Waals surface area (Å²) in [7, 11) is 0. The van der Waals surface area contributed by atoms with Gasteiger partial charge in [0.05, 0.1) is 12.2 Å². The Labute approximate surface area is 221 Å². The Kier molecular flexibility index (Phi) is 7.35. The van der Waals surface area contributed by atoms with E-state index in [1.807, 2.05) is 0 Å². The Balaban J connectivity index is 1.27. The number of halogens is 4. The van der Waals surface area contributed by atoms with Crippen LogP contribution >= 0.6 is 0 Å². The molecule has 0 radical (unpaired) electrons. The number of alkyl halides is 2. The number of urea groups is 1. The second-order valence-corrected chi connectivity index (χ2v) is 8.44. The zero-order valence-electron chi connectivity index (χ0n) is 20.2. The lowest BCUT2D eigenvalue weighted by atomic mass is 10.0. The molecule has 0 aliphatic carbocycles. The number of rotatable bonds is 7. The van der Waals surface area contributed by atoms with Crippen molar-refractivity contribution in [2.24, 2.45) is 0 Å². The van der Waals surface area contributed by atoms with Crippen LogP contribution < -0.4 is 20.2 Å². The van der Waals surface area contributed by atoms with Gasteiger partial charge in [0.1, 0.15) is 28.9 Å². The molecular formula is C29H21F4N3O3. The molecule has 10 heteroatoms. The van der Waals surface area contributed by atoms with Gasteiger partial charge in [-0.1, -0.05) is 24.3 Å². The van der Waals surface area contributed by atoms with Gasteiger partial charge in [-0.3, -0.25) is 5.43 Å². The highest BCUT2D eigenvalue weighted by atomic mass is 19.3. The van der Waals surface area contributed by atoms with Crippen molar-refractivity contribution >= 4 is 23.0 Å². The third-order valence-corrected chi connectivity index (χ3v) is 5.84. The highest BCUT2D eigenvalue weighted by Gasteiger charge is 2.28. The molecule has 4 aromatic carbocycles. The molecule has 39 heavy (non-hydrogen) atoms. The van der Waals surface area contributed by atoms with Gasteiger partial charge in [-0.05, 0) is 78.4 Å². The van der Waals surface area contributed by atoms with E-state index < -0.39 is 24.3 Å². The zero-order chi connectivity index (χ0) is 27.4. The number of carbonyl (C=O) groups excluding carboxylic acids is 1. The van der Waals surface area contributed by atoms with Gasteiger partial charge in [0.15, 0.2) is 0 Å². The molecule has 0 spiro atoms. The average molecular weight is 535 g/mol. The number of ether oxygens (including phenoxy) is 2. The first-order valence-electron chi connectivity index (χ1n) is 11.8. The molecule has 2 amide bonds. The predicted octanol–water partition coefficient (Wildman–Crippen LogP) is 7.28. The van der Waals surface area contributed by atoms with E-state index in [0.29, 0.717) is 34.0 Å². The summed E-state index contributed by atoms with van der Waals surface area (Å²) in [5, 5.41) is 4.07. The third-order valence-electron chi connectivity index (χ3n) is 5.84. The molecule has 1 aliphatic heterocycles.